The molecular formula is C23H20FN3O2. The first-order chi connectivity index (χ1) is 14.1. The van der Waals surface area contributed by atoms with E-state index in [2.05, 4.69) is 10.3 Å². The summed E-state index contributed by atoms with van der Waals surface area (Å²) in [5.41, 5.74) is 2.66. The fourth-order valence-electron chi connectivity index (χ4n) is 3.31. The van der Waals surface area contributed by atoms with Gasteiger partial charge in [-0.15, -0.1) is 0 Å². The minimum absolute atomic E-state index is 0.195. The van der Waals surface area contributed by atoms with E-state index in [9.17, 15) is 14.3 Å². The summed E-state index contributed by atoms with van der Waals surface area (Å²) in [7, 11) is 0. The highest BCUT2D eigenvalue weighted by Crippen LogP contribution is 2.22. The number of nitrogens with zero attached hydrogens (tertiary/aromatic N) is 2. The van der Waals surface area contributed by atoms with Crippen LogP contribution >= 0.6 is 0 Å². The molecule has 1 atom stereocenters. The molecule has 0 aliphatic rings. The largest absolute Gasteiger partial charge is 0.387 e. The van der Waals surface area contributed by atoms with Gasteiger partial charge in [-0.3, -0.25) is 4.79 Å². The van der Waals surface area contributed by atoms with Crippen LogP contribution < -0.4 is 5.32 Å². The van der Waals surface area contributed by atoms with Gasteiger partial charge in [-0.25, -0.2) is 9.37 Å². The van der Waals surface area contributed by atoms with Crippen molar-refractivity contribution in [1.82, 2.24) is 14.9 Å². The Hall–Kier alpha value is -3.51. The molecule has 6 heteroatoms. The zero-order valence-electron chi connectivity index (χ0n) is 15.6. The summed E-state index contributed by atoms with van der Waals surface area (Å²) in [6.45, 7) is 0.402. The number of imidazole rings is 1. The zero-order chi connectivity index (χ0) is 20.2. The Morgan fingerprint density at radius 2 is 1.79 bits per heavy atom. The van der Waals surface area contributed by atoms with Crippen molar-refractivity contribution in [2.45, 2.75) is 19.2 Å². The lowest BCUT2D eigenvalue weighted by Gasteiger charge is -2.15. The molecule has 0 spiro atoms. The Balaban J connectivity index is 1.60. The van der Waals surface area contributed by atoms with Crippen molar-refractivity contribution < 1.29 is 14.3 Å². The molecule has 4 aromatic rings. The summed E-state index contributed by atoms with van der Waals surface area (Å²) in [4.78, 5) is 17.0. The normalized spacial score (nSPS) is 12.1. The molecule has 3 aromatic carbocycles. The molecule has 0 aliphatic heterocycles. The molecule has 1 heterocycles. The van der Waals surface area contributed by atoms with Crippen LogP contribution in [0.15, 0.2) is 78.9 Å². The third kappa shape index (κ3) is 4.17. The van der Waals surface area contributed by atoms with Crippen molar-refractivity contribution in [3.63, 3.8) is 0 Å². The van der Waals surface area contributed by atoms with E-state index in [1.165, 1.54) is 12.1 Å². The van der Waals surface area contributed by atoms with Crippen LogP contribution in [0, 0.1) is 5.82 Å². The summed E-state index contributed by atoms with van der Waals surface area (Å²) in [5.74, 6) is 0.0215. The first-order valence-corrected chi connectivity index (χ1v) is 9.33. The number of rotatable bonds is 6. The van der Waals surface area contributed by atoms with E-state index in [0.29, 0.717) is 17.0 Å². The van der Waals surface area contributed by atoms with Crippen LogP contribution in [0.5, 0.6) is 0 Å². The van der Waals surface area contributed by atoms with E-state index < -0.39 is 11.9 Å². The predicted molar refractivity (Wildman–Crippen MR) is 109 cm³/mol. The highest BCUT2D eigenvalue weighted by molar-refractivity contribution is 5.94. The highest BCUT2D eigenvalue weighted by atomic mass is 19.1. The second-order valence-corrected chi connectivity index (χ2v) is 6.75. The lowest BCUT2D eigenvalue weighted by atomic mass is 10.1. The zero-order valence-corrected chi connectivity index (χ0v) is 15.6. The van der Waals surface area contributed by atoms with Gasteiger partial charge >= 0.3 is 0 Å². The molecule has 0 saturated heterocycles. The van der Waals surface area contributed by atoms with Crippen LogP contribution in [-0.2, 0) is 13.1 Å². The SMILES string of the molecule is O=C(NCc1nc2ccccc2n1CC(O)c1cccc(F)c1)c1ccccc1. The lowest BCUT2D eigenvalue weighted by molar-refractivity contribution is 0.0949. The number of carbonyl (C=O) groups is 1. The smallest absolute Gasteiger partial charge is 0.251 e. The highest BCUT2D eigenvalue weighted by Gasteiger charge is 2.16. The van der Waals surface area contributed by atoms with E-state index >= 15 is 0 Å². The third-order valence-corrected chi connectivity index (χ3v) is 4.77. The molecule has 1 amide bonds. The van der Waals surface area contributed by atoms with E-state index in [1.54, 1.807) is 36.4 Å². The third-order valence-electron chi connectivity index (χ3n) is 4.77. The van der Waals surface area contributed by atoms with Crippen molar-refractivity contribution in [3.8, 4) is 0 Å². The monoisotopic (exact) mass is 389 g/mol. The summed E-state index contributed by atoms with van der Waals surface area (Å²) < 4.78 is 15.4. The molecule has 4 rings (SSSR count). The first kappa shape index (κ1) is 18.8. The van der Waals surface area contributed by atoms with Crippen LogP contribution in [0.1, 0.15) is 27.8 Å². The Kier molecular flexibility index (Phi) is 5.35. The number of benzene rings is 3. The van der Waals surface area contributed by atoms with Crippen LogP contribution in [0.3, 0.4) is 0 Å². The number of aliphatic hydroxyl groups excluding tert-OH is 1. The van der Waals surface area contributed by atoms with E-state index in [1.807, 2.05) is 34.9 Å². The average molecular weight is 389 g/mol. The van der Waals surface area contributed by atoms with E-state index in [0.717, 1.165) is 11.0 Å². The van der Waals surface area contributed by atoms with Crippen molar-refractivity contribution >= 4 is 16.9 Å². The van der Waals surface area contributed by atoms with Crippen LogP contribution in [0.25, 0.3) is 11.0 Å². The fraction of sp³-hybridized carbons (Fsp3) is 0.130. The molecular weight excluding hydrogens is 369 g/mol. The van der Waals surface area contributed by atoms with Gasteiger partial charge in [0.25, 0.3) is 5.91 Å². The standard InChI is InChI=1S/C23H20FN3O2/c24-18-10-6-9-17(13-18)21(28)15-27-20-12-5-4-11-19(20)26-22(27)14-25-23(29)16-7-2-1-3-8-16/h1-13,21,28H,14-15H2,(H,25,29). The second kappa shape index (κ2) is 8.24. The number of fused-ring (bicyclic) bond motifs is 1. The number of aliphatic hydroxyl groups is 1. The molecule has 0 bridgehead atoms. The van der Waals surface area contributed by atoms with Crippen molar-refractivity contribution in [3.05, 3.63) is 102 Å². The number of hydrogen-bond acceptors (Lipinski definition) is 3. The molecule has 1 unspecified atom stereocenters. The Labute approximate surface area is 167 Å². The predicted octanol–water partition coefficient (Wildman–Crippen LogP) is 3.84. The number of nitrogens with one attached hydrogen (secondary N) is 1. The molecule has 146 valence electrons. The van der Waals surface area contributed by atoms with Gasteiger partial charge in [0.1, 0.15) is 11.6 Å². The lowest BCUT2D eigenvalue weighted by Crippen LogP contribution is -2.25. The second-order valence-electron chi connectivity index (χ2n) is 6.75. The van der Waals surface area contributed by atoms with Crippen molar-refractivity contribution in [2.75, 3.05) is 0 Å². The van der Waals surface area contributed by atoms with Gasteiger partial charge < -0.3 is 15.0 Å². The van der Waals surface area contributed by atoms with E-state index in [-0.39, 0.29) is 19.0 Å². The van der Waals surface area contributed by atoms with Crippen molar-refractivity contribution in [2.24, 2.45) is 0 Å². The number of amides is 1. The first-order valence-electron chi connectivity index (χ1n) is 9.33. The quantitative estimate of drug-likeness (QED) is 0.527. The van der Waals surface area contributed by atoms with Gasteiger partial charge in [0.2, 0.25) is 0 Å². The minimum atomic E-state index is -0.910. The Morgan fingerprint density at radius 1 is 1.03 bits per heavy atom. The molecule has 0 saturated carbocycles. The van der Waals surface area contributed by atoms with Gasteiger partial charge in [0.15, 0.2) is 0 Å². The minimum Gasteiger partial charge on any atom is -0.387 e. The molecule has 2 N–H and O–H groups in total. The van der Waals surface area contributed by atoms with Crippen LogP contribution in [0.4, 0.5) is 4.39 Å². The summed E-state index contributed by atoms with van der Waals surface area (Å²) in [6, 6.07) is 22.4. The van der Waals surface area contributed by atoms with Gasteiger partial charge in [0.05, 0.1) is 30.2 Å². The molecule has 0 radical (unpaired) electrons. The van der Waals surface area contributed by atoms with Gasteiger partial charge in [-0.1, -0.05) is 42.5 Å². The van der Waals surface area contributed by atoms with Crippen LogP contribution in [-0.4, -0.2) is 20.6 Å². The molecule has 29 heavy (non-hydrogen) atoms. The summed E-state index contributed by atoms with van der Waals surface area (Å²) in [5, 5.41) is 13.5. The molecule has 0 fully saturated rings. The average Bonchev–Trinajstić information content (AvgIpc) is 3.10. The number of aromatic nitrogens is 2. The molecule has 1 aromatic heterocycles. The molecule has 0 aliphatic carbocycles. The summed E-state index contributed by atoms with van der Waals surface area (Å²) in [6.07, 6.45) is -0.910. The van der Waals surface area contributed by atoms with E-state index in [4.69, 9.17) is 0 Å². The Bertz CT molecular complexity index is 1140. The fourth-order valence-corrected chi connectivity index (χ4v) is 3.31. The van der Waals surface area contributed by atoms with Gasteiger partial charge in [0, 0.05) is 5.56 Å². The number of para-hydroxylation sites is 2. The maximum absolute atomic E-state index is 13.5. The topological polar surface area (TPSA) is 67.2 Å². The molecule has 5 nitrogen and oxygen atoms in total. The van der Waals surface area contributed by atoms with Gasteiger partial charge in [-0.2, -0.15) is 0 Å². The Morgan fingerprint density at radius 3 is 2.59 bits per heavy atom. The van der Waals surface area contributed by atoms with Crippen molar-refractivity contribution in [1.29, 1.82) is 0 Å². The van der Waals surface area contributed by atoms with Crippen LogP contribution in [0.2, 0.25) is 0 Å². The summed E-state index contributed by atoms with van der Waals surface area (Å²) >= 11 is 0. The number of hydrogen-bond donors (Lipinski definition) is 2. The maximum atomic E-state index is 13.5. The number of halogens is 1. The number of carbonyl (C=O) groups excluding carboxylic acids is 1. The van der Waals surface area contributed by atoms with Gasteiger partial charge in [-0.05, 0) is 42.0 Å². The maximum Gasteiger partial charge on any atom is 0.251 e.